The van der Waals surface area contributed by atoms with Crippen LogP contribution in [-0.2, 0) is 9.47 Å². The van der Waals surface area contributed by atoms with E-state index < -0.39 is 17.7 Å². The molecule has 2 N–H and O–H groups in total. The summed E-state index contributed by atoms with van der Waals surface area (Å²) in [6.45, 7) is 6.31. The molecule has 0 unspecified atom stereocenters. The Balaban J connectivity index is 2.26. The number of esters is 1. The summed E-state index contributed by atoms with van der Waals surface area (Å²) >= 11 is 1.19. The van der Waals surface area contributed by atoms with Crippen LogP contribution in [0.1, 0.15) is 30.6 Å². The van der Waals surface area contributed by atoms with Crippen LogP contribution in [0.25, 0.3) is 0 Å². The van der Waals surface area contributed by atoms with Gasteiger partial charge in [0.25, 0.3) is 0 Å². The molecule has 1 rings (SSSR count). The number of ether oxygens (including phenoxy) is 2. The Morgan fingerprint density at radius 2 is 2.05 bits per heavy atom. The van der Waals surface area contributed by atoms with E-state index in [4.69, 9.17) is 4.74 Å². The zero-order valence-corrected chi connectivity index (χ0v) is 12.8. The third-order valence-corrected chi connectivity index (χ3v) is 2.89. The molecular weight excluding hydrogens is 282 g/mol. The molecule has 1 amide bonds. The molecule has 20 heavy (non-hydrogen) atoms. The lowest BCUT2D eigenvalue weighted by Gasteiger charge is -2.19. The smallest absolute Gasteiger partial charge is 0.407 e. The number of carbonyl (C=O) groups excluding carboxylic acids is 2. The molecule has 1 aromatic rings. The van der Waals surface area contributed by atoms with Crippen LogP contribution in [0.15, 0.2) is 6.20 Å². The second kappa shape index (κ2) is 7.09. The largest absolute Gasteiger partial charge is 0.464 e. The summed E-state index contributed by atoms with van der Waals surface area (Å²) in [4.78, 5) is 26.5. The van der Waals surface area contributed by atoms with Crippen molar-refractivity contribution in [2.24, 2.45) is 0 Å². The van der Waals surface area contributed by atoms with Gasteiger partial charge in [-0.25, -0.2) is 14.6 Å². The van der Waals surface area contributed by atoms with E-state index in [1.165, 1.54) is 18.4 Å². The Morgan fingerprint density at radius 1 is 1.35 bits per heavy atom. The second-order valence-corrected chi connectivity index (χ2v) is 5.91. The Morgan fingerprint density at radius 3 is 2.65 bits per heavy atom. The van der Waals surface area contributed by atoms with Crippen LogP contribution in [0.4, 0.5) is 9.80 Å². The van der Waals surface area contributed by atoms with Crippen molar-refractivity contribution in [3.8, 4) is 0 Å². The molecule has 112 valence electrons. The minimum Gasteiger partial charge on any atom is -0.464 e. The van der Waals surface area contributed by atoms with Crippen molar-refractivity contribution >= 4 is 28.4 Å². The fraction of sp³-hybridized carbons (Fsp3) is 0.583. The van der Waals surface area contributed by atoms with E-state index in [1.807, 2.05) is 0 Å². The van der Waals surface area contributed by atoms with Gasteiger partial charge in [0.15, 0.2) is 0 Å². The van der Waals surface area contributed by atoms with Gasteiger partial charge < -0.3 is 20.1 Å². The monoisotopic (exact) mass is 301 g/mol. The first-order valence-corrected chi connectivity index (χ1v) is 6.88. The highest BCUT2D eigenvalue weighted by atomic mass is 32.1. The SMILES string of the molecule is COC(=O)c1ncc(NCCNC(=O)OC(C)(C)C)s1. The molecule has 0 aromatic carbocycles. The van der Waals surface area contributed by atoms with Gasteiger partial charge in [0.05, 0.1) is 13.3 Å². The quantitative estimate of drug-likeness (QED) is 0.637. The summed E-state index contributed by atoms with van der Waals surface area (Å²) in [5, 5.41) is 6.68. The number of hydrogen-bond acceptors (Lipinski definition) is 7. The standard InChI is InChI=1S/C12H19N3O4S/c1-12(2,3)19-11(17)14-6-5-13-8-7-15-9(20-8)10(16)18-4/h7,13H,5-6H2,1-4H3,(H,14,17). The minimum absolute atomic E-state index is 0.287. The maximum atomic E-state index is 11.4. The molecule has 0 saturated heterocycles. The molecule has 1 aromatic heterocycles. The molecule has 1 heterocycles. The number of methoxy groups -OCH3 is 1. The number of hydrogen-bond donors (Lipinski definition) is 2. The van der Waals surface area contributed by atoms with E-state index in [-0.39, 0.29) is 5.01 Å². The van der Waals surface area contributed by atoms with Crippen LogP contribution >= 0.6 is 11.3 Å². The highest BCUT2D eigenvalue weighted by Crippen LogP contribution is 2.18. The molecule has 0 atom stereocenters. The van der Waals surface area contributed by atoms with Gasteiger partial charge in [-0.1, -0.05) is 11.3 Å². The molecule has 0 radical (unpaired) electrons. The lowest BCUT2D eigenvalue weighted by Crippen LogP contribution is -2.34. The van der Waals surface area contributed by atoms with Gasteiger partial charge in [0, 0.05) is 13.1 Å². The molecule has 0 aliphatic carbocycles. The van der Waals surface area contributed by atoms with Crippen LogP contribution < -0.4 is 10.6 Å². The first kappa shape index (κ1) is 16.2. The van der Waals surface area contributed by atoms with Gasteiger partial charge in [-0.05, 0) is 20.8 Å². The number of anilines is 1. The maximum Gasteiger partial charge on any atom is 0.407 e. The normalized spacial score (nSPS) is 10.8. The Labute approximate surface area is 121 Å². The van der Waals surface area contributed by atoms with E-state index in [9.17, 15) is 9.59 Å². The third-order valence-electron chi connectivity index (χ3n) is 1.96. The maximum absolute atomic E-state index is 11.4. The van der Waals surface area contributed by atoms with Crippen LogP contribution in [0, 0.1) is 0 Å². The molecule has 0 aliphatic rings. The molecule has 0 bridgehead atoms. The van der Waals surface area contributed by atoms with Gasteiger partial charge in [-0.3, -0.25) is 0 Å². The summed E-state index contributed by atoms with van der Waals surface area (Å²) < 4.78 is 9.65. The van der Waals surface area contributed by atoms with Crippen LogP contribution in [0.5, 0.6) is 0 Å². The average Bonchev–Trinajstić information content (AvgIpc) is 2.80. The van der Waals surface area contributed by atoms with Crippen molar-refractivity contribution in [1.82, 2.24) is 10.3 Å². The number of nitrogens with zero attached hydrogens (tertiary/aromatic N) is 1. The van der Waals surface area contributed by atoms with Gasteiger partial charge in [-0.2, -0.15) is 0 Å². The Hall–Kier alpha value is -1.83. The summed E-state index contributed by atoms with van der Waals surface area (Å²) in [6, 6.07) is 0. The number of amides is 1. The summed E-state index contributed by atoms with van der Waals surface area (Å²) in [7, 11) is 1.31. The van der Waals surface area contributed by atoms with Crippen molar-refractivity contribution < 1.29 is 19.1 Å². The third kappa shape index (κ3) is 5.87. The number of aromatic nitrogens is 1. The van der Waals surface area contributed by atoms with Crippen molar-refractivity contribution in [2.75, 3.05) is 25.5 Å². The molecular formula is C12H19N3O4S. The van der Waals surface area contributed by atoms with Crippen molar-refractivity contribution in [2.45, 2.75) is 26.4 Å². The number of alkyl carbamates (subject to hydrolysis) is 1. The highest BCUT2D eigenvalue weighted by molar-refractivity contribution is 7.17. The number of thiazole rings is 1. The zero-order chi connectivity index (χ0) is 15.2. The first-order chi connectivity index (χ1) is 9.31. The summed E-state index contributed by atoms with van der Waals surface area (Å²) in [5.74, 6) is -0.463. The van der Waals surface area contributed by atoms with Crippen LogP contribution in [0.3, 0.4) is 0 Å². The van der Waals surface area contributed by atoms with Crippen LogP contribution in [0.2, 0.25) is 0 Å². The molecule has 0 saturated carbocycles. The summed E-state index contributed by atoms with van der Waals surface area (Å²) in [5.41, 5.74) is -0.509. The fourth-order valence-corrected chi connectivity index (χ4v) is 1.96. The number of nitrogens with one attached hydrogen (secondary N) is 2. The van der Waals surface area contributed by atoms with E-state index in [0.29, 0.717) is 13.1 Å². The Kier molecular flexibility index (Phi) is 5.75. The van der Waals surface area contributed by atoms with Gasteiger partial charge >= 0.3 is 12.1 Å². The molecule has 0 aliphatic heterocycles. The second-order valence-electron chi connectivity index (χ2n) is 4.88. The van der Waals surface area contributed by atoms with Crippen LogP contribution in [-0.4, -0.2) is 42.8 Å². The van der Waals surface area contributed by atoms with Gasteiger partial charge in [0.2, 0.25) is 5.01 Å². The summed E-state index contributed by atoms with van der Waals surface area (Å²) in [6.07, 6.45) is 1.09. The number of rotatable bonds is 5. The lowest BCUT2D eigenvalue weighted by atomic mass is 10.2. The predicted octanol–water partition coefficient (Wildman–Crippen LogP) is 1.87. The minimum atomic E-state index is -0.509. The topological polar surface area (TPSA) is 89.5 Å². The first-order valence-electron chi connectivity index (χ1n) is 6.06. The Bertz CT molecular complexity index is 468. The van der Waals surface area contributed by atoms with Crippen molar-refractivity contribution in [1.29, 1.82) is 0 Å². The van der Waals surface area contributed by atoms with E-state index in [0.717, 1.165) is 5.00 Å². The van der Waals surface area contributed by atoms with E-state index >= 15 is 0 Å². The molecule has 7 nitrogen and oxygen atoms in total. The fourth-order valence-electron chi connectivity index (χ4n) is 1.20. The molecule has 0 spiro atoms. The van der Waals surface area contributed by atoms with E-state index in [2.05, 4.69) is 20.4 Å². The molecule has 8 heteroatoms. The van der Waals surface area contributed by atoms with E-state index in [1.54, 1.807) is 27.0 Å². The molecule has 0 fully saturated rings. The van der Waals surface area contributed by atoms with Crippen molar-refractivity contribution in [3.63, 3.8) is 0 Å². The lowest BCUT2D eigenvalue weighted by molar-refractivity contribution is 0.0528. The van der Waals surface area contributed by atoms with Gasteiger partial charge in [-0.15, -0.1) is 0 Å². The highest BCUT2D eigenvalue weighted by Gasteiger charge is 2.15. The zero-order valence-electron chi connectivity index (χ0n) is 12.0. The predicted molar refractivity (Wildman–Crippen MR) is 76.2 cm³/mol. The van der Waals surface area contributed by atoms with Gasteiger partial charge in [0.1, 0.15) is 10.6 Å². The average molecular weight is 301 g/mol. The van der Waals surface area contributed by atoms with Crippen molar-refractivity contribution in [3.05, 3.63) is 11.2 Å². The number of carbonyl (C=O) groups is 2.